The summed E-state index contributed by atoms with van der Waals surface area (Å²) in [5, 5.41) is 0. The van der Waals surface area contributed by atoms with E-state index in [0.717, 1.165) is 0 Å². The van der Waals surface area contributed by atoms with Gasteiger partial charge in [0.05, 0.1) is 6.26 Å². The van der Waals surface area contributed by atoms with Crippen LogP contribution in [0, 0.1) is 0 Å². The maximum atomic E-state index is 10.4. The Morgan fingerprint density at radius 3 is 1.71 bits per heavy atom. The summed E-state index contributed by atoms with van der Waals surface area (Å²) >= 11 is 0. The van der Waals surface area contributed by atoms with Gasteiger partial charge in [-0.2, -0.15) is 8.42 Å². The van der Waals surface area contributed by atoms with Crippen LogP contribution in [0.1, 0.15) is 0 Å². The first-order chi connectivity index (χ1) is 2.56. The summed E-state index contributed by atoms with van der Waals surface area (Å²) in [4.78, 5) is 0. The summed E-state index contributed by atoms with van der Waals surface area (Å²) in [7, 11) is -3.83. The summed E-state index contributed by atoms with van der Waals surface area (Å²) in [6.07, 6.45) is 0.618. The van der Waals surface area contributed by atoms with Crippen LogP contribution in [0.2, 0.25) is 0 Å². The van der Waals surface area contributed by atoms with Gasteiger partial charge in [0.15, 0.2) is 0 Å². The molecule has 0 aliphatic heterocycles. The molecule has 0 aromatic rings. The van der Waals surface area contributed by atoms with E-state index in [2.05, 4.69) is 4.39 Å². The molecule has 0 amide bonds. The average Bonchev–Trinajstić information content (AvgIpc) is 1.35. The minimum absolute atomic E-state index is 0. The molecule has 0 unspecified atom stereocenters. The van der Waals surface area contributed by atoms with Crippen molar-refractivity contribution in [2.24, 2.45) is 0 Å². The summed E-state index contributed by atoms with van der Waals surface area (Å²) in [6.45, 7) is 0. The van der Waals surface area contributed by atoms with Crippen molar-refractivity contribution in [2.45, 2.75) is 0 Å². The molecular formula is CH5CaFO3S. The molecule has 0 atom stereocenters. The van der Waals surface area contributed by atoms with Crippen molar-refractivity contribution in [1.29, 1.82) is 0 Å². The van der Waals surface area contributed by atoms with Gasteiger partial charge >= 0.3 is 37.7 Å². The Kier molecular flexibility index (Phi) is 6.31. The molecule has 0 aliphatic rings. The zero-order valence-corrected chi connectivity index (χ0v) is 3.83. The molecule has 0 radical (unpaired) electrons. The van der Waals surface area contributed by atoms with E-state index in [1.165, 1.54) is 0 Å². The van der Waals surface area contributed by atoms with Crippen LogP contribution >= 0.6 is 0 Å². The van der Waals surface area contributed by atoms with E-state index in [4.69, 9.17) is 0 Å². The summed E-state index contributed by atoms with van der Waals surface area (Å²) in [5.41, 5.74) is 0. The third-order valence-corrected chi connectivity index (χ3v) is 0.343. The first-order valence-electron chi connectivity index (χ1n) is 1.06. The predicted octanol–water partition coefficient (Wildman–Crippen LogP) is -1.07. The van der Waals surface area contributed by atoms with Crippen LogP contribution in [-0.2, 0) is 14.5 Å². The Morgan fingerprint density at radius 2 is 1.71 bits per heavy atom. The fraction of sp³-hybridized carbons (Fsp3) is 1.00. The number of hydrogen-bond acceptors (Lipinski definition) is 3. The van der Waals surface area contributed by atoms with E-state index in [1.54, 1.807) is 0 Å². The van der Waals surface area contributed by atoms with Crippen molar-refractivity contribution in [3.63, 3.8) is 0 Å². The zero-order chi connectivity index (χ0) is 5.21. The molecule has 0 aromatic heterocycles. The number of halogens is 1. The SMILES string of the molecule is CS(=O)(=O)OF.[CaH2]. The van der Waals surface area contributed by atoms with E-state index in [1.807, 2.05) is 0 Å². The van der Waals surface area contributed by atoms with Crippen LogP contribution in [0.15, 0.2) is 0 Å². The zero-order valence-electron chi connectivity index (χ0n) is 3.01. The van der Waals surface area contributed by atoms with E-state index in [9.17, 15) is 12.9 Å². The maximum absolute atomic E-state index is 10.4. The Labute approximate surface area is 70.9 Å². The van der Waals surface area contributed by atoms with Crippen molar-refractivity contribution < 1.29 is 17.3 Å². The molecule has 0 rings (SSSR count). The molecule has 7 heavy (non-hydrogen) atoms. The van der Waals surface area contributed by atoms with Gasteiger partial charge in [-0.25, -0.2) is 0 Å². The van der Waals surface area contributed by atoms with Crippen molar-refractivity contribution >= 4 is 47.9 Å². The Bertz CT molecular complexity index is 117. The van der Waals surface area contributed by atoms with E-state index < -0.39 is 10.1 Å². The first kappa shape index (κ1) is 11.0. The fourth-order valence-electron chi connectivity index (χ4n) is 0. The normalized spacial score (nSPS) is 10.0. The van der Waals surface area contributed by atoms with Crippen molar-refractivity contribution in [1.82, 2.24) is 0 Å². The van der Waals surface area contributed by atoms with Crippen LogP contribution in [0.4, 0.5) is 4.53 Å². The average molecular weight is 156 g/mol. The Balaban J connectivity index is 0. The van der Waals surface area contributed by atoms with Crippen LogP contribution in [-0.4, -0.2) is 52.4 Å². The van der Waals surface area contributed by atoms with Crippen molar-refractivity contribution in [3.05, 3.63) is 0 Å². The monoisotopic (exact) mass is 156 g/mol. The molecular weight excluding hydrogens is 151 g/mol. The van der Waals surface area contributed by atoms with Gasteiger partial charge in [0.1, 0.15) is 0 Å². The van der Waals surface area contributed by atoms with E-state index >= 15 is 0 Å². The second-order valence-corrected chi connectivity index (χ2v) is 2.30. The van der Waals surface area contributed by atoms with Gasteiger partial charge in [-0.3, -0.25) is 0 Å². The van der Waals surface area contributed by atoms with Gasteiger partial charge in [-0.1, -0.05) is 4.39 Å². The molecule has 0 N–H and O–H groups in total. The first-order valence-corrected chi connectivity index (χ1v) is 2.88. The third-order valence-electron chi connectivity index (χ3n) is 0.114. The van der Waals surface area contributed by atoms with Gasteiger partial charge < -0.3 is 0 Å². The minimum atomic E-state index is -3.83. The summed E-state index contributed by atoms with van der Waals surface area (Å²) < 4.78 is 31.6. The van der Waals surface area contributed by atoms with Gasteiger partial charge in [0.2, 0.25) is 0 Å². The molecule has 0 bridgehead atoms. The van der Waals surface area contributed by atoms with Crippen molar-refractivity contribution in [2.75, 3.05) is 6.26 Å². The Morgan fingerprint density at radius 1 is 1.57 bits per heavy atom. The number of hydrogen-bond donors (Lipinski definition) is 0. The van der Waals surface area contributed by atoms with E-state index in [0.29, 0.717) is 6.26 Å². The molecule has 0 aliphatic carbocycles. The second-order valence-electron chi connectivity index (χ2n) is 0.767. The molecule has 6 heteroatoms. The van der Waals surface area contributed by atoms with Crippen LogP contribution in [0.25, 0.3) is 0 Å². The topological polar surface area (TPSA) is 43.4 Å². The molecule has 0 saturated heterocycles. The van der Waals surface area contributed by atoms with Crippen LogP contribution < -0.4 is 0 Å². The summed E-state index contributed by atoms with van der Waals surface area (Å²) in [5.74, 6) is 0. The Hall–Kier alpha value is 1.10. The van der Waals surface area contributed by atoms with Gasteiger partial charge in [0.25, 0.3) is 10.1 Å². The molecule has 3 nitrogen and oxygen atoms in total. The second kappa shape index (κ2) is 4.03. The molecule has 0 fully saturated rings. The molecule has 0 spiro atoms. The van der Waals surface area contributed by atoms with Gasteiger partial charge in [0, 0.05) is 0 Å². The van der Waals surface area contributed by atoms with Gasteiger partial charge in [-0.05, 0) is 4.53 Å². The third kappa shape index (κ3) is 11.0. The predicted molar refractivity (Wildman–Crippen MR) is 25.6 cm³/mol. The van der Waals surface area contributed by atoms with Gasteiger partial charge in [-0.15, -0.1) is 0 Å². The quantitative estimate of drug-likeness (QED) is 0.454. The molecule has 0 saturated carbocycles. The summed E-state index contributed by atoms with van der Waals surface area (Å²) in [6, 6.07) is 0. The van der Waals surface area contributed by atoms with Crippen LogP contribution in [0.3, 0.4) is 0 Å². The van der Waals surface area contributed by atoms with E-state index in [-0.39, 0.29) is 37.7 Å². The molecule has 0 aromatic carbocycles. The number of rotatable bonds is 1. The molecule has 42 valence electrons. The molecule has 0 heterocycles. The van der Waals surface area contributed by atoms with Crippen molar-refractivity contribution in [3.8, 4) is 0 Å². The fourth-order valence-corrected chi connectivity index (χ4v) is 0. The van der Waals surface area contributed by atoms with Crippen LogP contribution in [0.5, 0.6) is 0 Å². The standard InChI is InChI=1S/CH3FO3S.Ca.2H/c1-6(3,4)5-2;;;/h1H3;;;.